The summed E-state index contributed by atoms with van der Waals surface area (Å²) in [5.74, 6) is -0.161. The molecule has 0 saturated carbocycles. The fourth-order valence-electron chi connectivity index (χ4n) is 1.12. The average molecular weight is 311 g/mol. The van der Waals surface area contributed by atoms with Gasteiger partial charge in [-0.25, -0.2) is 0 Å². The first-order valence-corrected chi connectivity index (χ1v) is 6.10. The number of benzene rings is 1. The quantitative estimate of drug-likeness (QED) is 0.851. The van der Waals surface area contributed by atoms with Crippen LogP contribution in [0.5, 0.6) is 0 Å². The fraction of sp³-hybridized carbons (Fsp3) is 0.300. The third kappa shape index (κ3) is 4.41. The first-order chi connectivity index (χ1) is 7.13. The first-order valence-electron chi connectivity index (χ1n) is 4.40. The van der Waals surface area contributed by atoms with Crippen LogP contribution in [0.25, 0.3) is 0 Å². The summed E-state index contributed by atoms with van der Waals surface area (Å²) in [6.45, 7) is 0.560. The number of nitrogens with one attached hydrogen (secondary N) is 1. The van der Waals surface area contributed by atoms with Crippen molar-refractivity contribution in [2.45, 2.75) is 6.42 Å². The van der Waals surface area contributed by atoms with Crippen LogP contribution in [0.4, 0.5) is 0 Å². The number of halogens is 3. The number of hydrogen-bond donors (Lipinski definition) is 1. The molecule has 0 unspecified atom stereocenters. The maximum atomic E-state index is 10.9. The van der Waals surface area contributed by atoms with Gasteiger partial charge in [-0.1, -0.05) is 27.5 Å². The second-order valence-corrected chi connectivity index (χ2v) is 4.53. The van der Waals surface area contributed by atoms with Crippen molar-refractivity contribution in [1.29, 1.82) is 0 Å². The molecule has 0 atom stereocenters. The predicted molar refractivity (Wildman–Crippen MR) is 66.6 cm³/mol. The van der Waals surface area contributed by atoms with Crippen LogP contribution in [0.2, 0.25) is 5.02 Å². The van der Waals surface area contributed by atoms with Gasteiger partial charge >= 0.3 is 0 Å². The topological polar surface area (TPSA) is 29.1 Å². The van der Waals surface area contributed by atoms with Gasteiger partial charge in [-0.3, -0.25) is 4.79 Å². The van der Waals surface area contributed by atoms with Gasteiger partial charge in [0.25, 0.3) is 0 Å². The SMILES string of the molecule is O=C(CCl)NCCc1cc(Cl)ccc1Br. The first kappa shape index (κ1) is 12.8. The summed E-state index contributed by atoms with van der Waals surface area (Å²) >= 11 is 14.6. The molecule has 1 N–H and O–H groups in total. The molecule has 0 aliphatic heterocycles. The van der Waals surface area contributed by atoms with E-state index in [1.54, 1.807) is 0 Å². The minimum Gasteiger partial charge on any atom is -0.355 e. The van der Waals surface area contributed by atoms with E-state index >= 15 is 0 Å². The Labute approximate surface area is 107 Å². The van der Waals surface area contributed by atoms with Crippen molar-refractivity contribution in [2.75, 3.05) is 12.4 Å². The van der Waals surface area contributed by atoms with Crippen LogP contribution < -0.4 is 5.32 Å². The zero-order chi connectivity index (χ0) is 11.3. The number of rotatable bonds is 4. The summed E-state index contributed by atoms with van der Waals surface area (Å²) in [5.41, 5.74) is 1.07. The highest BCUT2D eigenvalue weighted by atomic mass is 79.9. The van der Waals surface area contributed by atoms with E-state index in [0.717, 1.165) is 16.5 Å². The van der Waals surface area contributed by atoms with Gasteiger partial charge in [0.2, 0.25) is 5.91 Å². The van der Waals surface area contributed by atoms with Gasteiger partial charge in [-0.05, 0) is 30.2 Å². The Hall–Kier alpha value is -0.250. The van der Waals surface area contributed by atoms with E-state index < -0.39 is 0 Å². The summed E-state index contributed by atoms with van der Waals surface area (Å²) in [5, 5.41) is 3.38. The van der Waals surface area contributed by atoms with Gasteiger partial charge in [0.1, 0.15) is 5.88 Å². The van der Waals surface area contributed by atoms with E-state index in [0.29, 0.717) is 11.6 Å². The lowest BCUT2D eigenvalue weighted by Gasteiger charge is -2.06. The van der Waals surface area contributed by atoms with Crippen LogP contribution in [-0.2, 0) is 11.2 Å². The highest BCUT2D eigenvalue weighted by molar-refractivity contribution is 9.10. The monoisotopic (exact) mass is 309 g/mol. The molecule has 0 aliphatic rings. The molecule has 0 saturated heterocycles. The molecule has 1 aromatic carbocycles. The summed E-state index contributed by atoms with van der Waals surface area (Å²) in [7, 11) is 0. The normalized spacial score (nSPS) is 10.1. The zero-order valence-electron chi connectivity index (χ0n) is 7.90. The molecule has 82 valence electrons. The average Bonchev–Trinajstić information content (AvgIpc) is 2.23. The van der Waals surface area contributed by atoms with Gasteiger partial charge < -0.3 is 5.32 Å². The molecule has 15 heavy (non-hydrogen) atoms. The minimum atomic E-state index is -0.158. The number of carbonyl (C=O) groups is 1. The molecule has 2 nitrogen and oxygen atoms in total. The second-order valence-electron chi connectivity index (χ2n) is 2.97. The highest BCUT2D eigenvalue weighted by Crippen LogP contribution is 2.21. The summed E-state index contributed by atoms with van der Waals surface area (Å²) < 4.78 is 0.993. The highest BCUT2D eigenvalue weighted by Gasteiger charge is 2.02. The van der Waals surface area contributed by atoms with Gasteiger partial charge in [-0.2, -0.15) is 0 Å². The van der Waals surface area contributed by atoms with Gasteiger partial charge in [0.05, 0.1) is 0 Å². The predicted octanol–water partition coefficient (Wildman–Crippen LogP) is 3.00. The number of carbonyl (C=O) groups excluding carboxylic acids is 1. The lowest BCUT2D eigenvalue weighted by molar-refractivity contribution is -0.118. The van der Waals surface area contributed by atoms with Gasteiger partial charge in [0, 0.05) is 16.0 Å². The van der Waals surface area contributed by atoms with Crippen LogP contribution in [0.15, 0.2) is 22.7 Å². The third-order valence-electron chi connectivity index (χ3n) is 1.85. The van der Waals surface area contributed by atoms with Gasteiger partial charge in [0.15, 0.2) is 0 Å². The van der Waals surface area contributed by atoms with Crippen LogP contribution in [0.1, 0.15) is 5.56 Å². The molecule has 1 aromatic rings. The van der Waals surface area contributed by atoms with Crippen molar-refractivity contribution in [3.8, 4) is 0 Å². The van der Waals surface area contributed by atoms with E-state index in [9.17, 15) is 4.79 Å². The molecule has 1 rings (SSSR count). The summed E-state index contributed by atoms with van der Waals surface area (Å²) in [4.78, 5) is 10.9. The molecule has 0 bridgehead atoms. The Kier molecular flexibility index (Phi) is 5.43. The summed E-state index contributed by atoms with van der Waals surface area (Å²) in [6, 6.07) is 5.58. The standard InChI is InChI=1S/C10H10BrCl2NO/c11-9-2-1-8(13)5-7(9)3-4-14-10(15)6-12/h1-2,5H,3-4,6H2,(H,14,15). The molecule has 1 amide bonds. The molecular formula is C10H10BrCl2NO. The van der Waals surface area contributed by atoms with Crippen LogP contribution in [0.3, 0.4) is 0 Å². The molecular weight excluding hydrogens is 301 g/mol. The summed E-state index contributed by atoms with van der Waals surface area (Å²) in [6.07, 6.45) is 0.726. The Morgan fingerprint density at radius 3 is 2.87 bits per heavy atom. The lowest BCUT2D eigenvalue weighted by Crippen LogP contribution is -2.26. The van der Waals surface area contributed by atoms with Crippen LogP contribution >= 0.6 is 39.1 Å². The maximum Gasteiger partial charge on any atom is 0.234 e. The second kappa shape index (κ2) is 6.36. The van der Waals surface area contributed by atoms with E-state index in [-0.39, 0.29) is 11.8 Å². The molecule has 5 heteroatoms. The number of alkyl halides is 1. The number of amides is 1. The lowest BCUT2D eigenvalue weighted by atomic mass is 10.1. The molecule has 0 aliphatic carbocycles. The van der Waals surface area contributed by atoms with Crippen molar-refractivity contribution in [3.63, 3.8) is 0 Å². The Balaban J connectivity index is 2.50. The minimum absolute atomic E-state index is 0.00326. The largest absolute Gasteiger partial charge is 0.355 e. The van der Waals surface area contributed by atoms with Crippen LogP contribution in [-0.4, -0.2) is 18.3 Å². The van der Waals surface area contributed by atoms with E-state index in [4.69, 9.17) is 23.2 Å². The Morgan fingerprint density at radius 2 is 2.20 bits per heavy atom. The van der Waals surface area contributed by atoms with Crippen molar-refractivity contribution in [2.24, 2.45) is 0 Å². The maximum absolute atomic E-state index is 10.9. The molecule has 0 fully saturated rings. The van der Waals surface area contributed by atoms with Crippen LogP contribution in [0, 0.1) is 0 Å². The third-order valence-corrected chi connectivity index (χ3v) is 3.10. The van der Waals surface area contributed by atoms with Gasteiger partial charge in [-0.15, -0.1) is 11.6 Å². The van der Waals surface area contributed by atoms with Crippen molar-refractivity contribution >= 4 is 45.0 Å². The van der Waals surface area contributed by atoms with Crippen molar-refractivity contribution in [1.82, 2.24) is 5.32 Å². The van der Waals surface area contributed by atoms with Crippen molar-refractivity contribution in [3.05, 3.63) is 33.3 Å². The van der Waals surface area contributed by atoms with E-state index in [2.05, 4.69) is 21.2 Å². The Morgan fingerprint density at radius 1 is 1.47 bits per heavy atom. The zero-order valence-corrected chi connectivity index (χ0v) is 11.0. The smallest absolute Gasteiger partial charge is 0.234 e. The molecule has 0 aromatic heterocycles. The molecule has 0 heterocycles. The Bertz CT molecular complexity index is 357. The van der Waals surface area contributed by atoms with Crippen molar-refractivity contribution < 1.29 is 4.79 Å². The molecule has 0 spiro atoms. The molecule has 0 radical (unpaired) electrons. The fourth-order valence-corrected chi connectivity index (χ4v) is 1.85. The van der Waals surface area contributed by atoms with E-state index in [1.165, 1.54) is 0 Å². The number of hydrogen-bond acceptors (Lipinski definition) is 1. The van der Waals surface area contributed by atoms with E-state index in [1.807, 2.05) is 18.2 Å².